The molecule has 0 aliphatic rings. The first kappa shape index (κ1) is 11.2. The molecule has 3 nitrogen and oxygen atoms in total. The summed E-state index contributed by atoms with van der Waals surface area (Å²) < 4.78 is 5.22. The van der Waals surface area contributed by atoms with Gasteiger partial charge >= 0.3 is 0 Å². The molecule has 0 spiro atoms. The minimum atomic E-state index is 0.322. The third-order valence-corrected chi connectivity index (χ3v) is 2.58. The minimum Gasteiger partial charge on any atom is -0.496 e. The lowest BCUT2D eigenvalue weighted by molar-refractivity contribution is 0.416. The van der Waals surface area contributed by atoms with Crippen LogP contribution in [0.3, 0.4) is 0 Å². The lowest BCUT2D eigenvalue weighted by Gasteiger charge is -2.08. The van der Waals surface area contributed by atoms with Gasteiger partial charge in [0.25, 0.3) is 0 Å². The van der Waals surface area contributed by atoms with Crippen LogP contribution in [0.4, 0.5) is 0 Å². The van der Waals surface area contributed by atoms with Crippen molar-refractivity contribution in [2.24, 2.45) is 0 Å². The molecule has 0 aliphatic carbocycles. The molecule has 16 heavy (non-hydrogen) atoms. The van der Waals surface area contributed by atoms with E-state index in [0.717, 1.165) is 5.56 Å². The first-order chi connectivity index (χ1) is 7.72. The van der Waals surface area contributed by atoms with E-state index in [9.17, 15) is 0 Å². The van der Waals surface area contributed by atoms with Gasteiger partial charge < -0.3 is 4.74 Å². The standard InChI is InChI=1S/C11H8Cl2N2O/c1-16-9-3-2-7(12)6-8(9)10-11(13)15-5-4-14-10/h2-6H,1H3. The number of ether oxygens (including phenoxy) is 1. The van der Waals surface area contributed by atoms with E-state index in [-0.39, 0.29) is 0 Å². The summed E-state index contributed by atoms with van der Waals surface area (Å²) >= 11 is 11.9. The molecular weight excluding hydrogens is 247 g/mol. The van der Waals surface area contributed by atoms with E-state index in [2.05, 4.69) is 9.97 Å². The lowest BCUT2D eigenvalue weighted by atomic mass is 10.1. The van der Waals surface area contributed by atoms with E-state index < -0.39 is 0 Å². The average Bonchev–Trinajstić information content (AvgIpc) is 2.29. The molecule has 1 aromatic carbocycles. The first-order valence-corrected chi connectivity index (χ1v) is 5.28. The quantitative estimate of drug-likeness (QED) is 0.824. The fraction of sp³-hybridized carbons (Fsp3) is 0.0909. The first-order valence-electron chi connectivity index (χ1n) is 4.53. The molecule has 0 amide bonds. The zero-order chi connectivity index (χ0) is 11.5. The van der Waals surface area contributed by atoms with Gasteiger partial charge in [0.15, 0.2) is 5.15 Å². The molecule has 0 saturated carbocycles. The van der Waals surface area contributed by atoms with E-state index in [0.29, 0.717) is 21.6 Å². The summed E-state index contributed by atoms with van der Waals surface area (Å²) in [5, 5.41) is 0.917. The maximum atomic E-state index is 5.97. The molecule has 0 bridgehead atoms. The number of hydrogen-bond acceptors (Lipinski definition) is 3. The maximum absolute atomic E-state index is 5.97. The predicted octanol–water partition coefficient (Wildman–Crippen LogP) is 3.46. The van der Waals surface area contributed by atoms with Crippen LogP contribution < -0.4 is 4.74 Å². The van der Waals surface area contributed by atoms with E-state index in [1.165, 1.54) is 6.20 Å². The summed E-state index contributed by atoms with van der Waals surface area (Å²) in [5.74, 6) is 0.659. The van der Waals surface area contributed by atoms with Crippen molar-refractivity contribution in [2.75, 3.05) is 7.11 Å². The van der Waals surface area contributed by atoms with E-state index in [4.69, 9.17) is 27.9 Å². The Morgan fingerprint density at radius 1 is 1.12 bits per heavy atom. The molecule has 0 atom stereocenters. The topological polar surface area (TPSA) is 35.0 Å². The fourth-order valence-corrected chi connectivity index (χ4v) is 1.75. The van der Waals surface area contributed by atoms with Crippen molar-refractivity contribution in [1.82, 2.24) is 9.97 Å². The van der Waals surface area contributed by atoms with Crippen molar-refractivity contribution < 1.29 is 4.74 Å². The number of methoxy groups -OCH3 is 1. The number of aromatic nitrogens is 2. The van der Waals surface area contributed by atoms with Crippen LogP contribution in [0.2, 0.25) is 10.2 Å². The molecule has 0 radical (unpaired) electrons. The fourth-order valence-electron chi connectivity index (χ4n) is 1.37. The van der Waals surface area contributed by atoms with Crippen LogP contribution in [0, 0.1) is 0 Å². The van der Waals surface area contributed by atoms with Gasteiger partial charge in [-0.25, -0.2) is 4.98 Å². The molecule has 1 heterocycles. The van der Waals surface area contributed by atoms with Gasteiger partial charge in [-0.2, -0.15) is 0 Å². The normalized spacial score (nSPS) is 10.2. The second-order valence-corrected chi connectivity index (χ2v) is 3.83. The molecule has 0 aliphatic heterocycles. The summed E-state index contributed by atoms with van der Waals surface area (Å²) in [7, 11) is 1.58. The summed E-state index contributed by atoms with van der Waals surface area (Å²) in [6.07, 6.45) is 3.10. The molecule has 2 aromatic rings. The predicted molar refractivity (Wildman–Crippen MR) is 64.0 cm³/mol. The summed E-state index contributed by atoms with van der Waals surface area (Å²) in [5.41, 5.74) is 1.29. The van der Waals surface area contributed by atoms with Crippen molar-refractivity contribution >= 4 is 23.2 Å². The average molecular weight is 255 g/mol. The van der Waals surface area contributed by atoms with Crippen molar-refractivity contribution in [3.05, 3.63) is 40.8 Å². The van der Waals surface area contributed by atoms with Gasteiger partial charge in [-0.05, 0) is 18.2 Å². The van der Waals surface area contributed by atoms with Crippen molar-refractivity contribution in [1.29, 1.82) is 0 Å². The Morgan fingerprint density at radius 2 is 1.88 bits per heavy atom. The highest BCUT2D eigenvalue weighted by Gasteiger charge is 2.11. The number of rotatable bonds is 2. The smallest absolute Gasteiger partial charge is 0.155 e. The van der Waals surface area contributed by atoms with Gasteiger partial charge in [0.2, 0.25) is 0 Å². The number of nitrogens with zero attached hydrogens (tertiary/aromatic N) is 2. The van der Waals surface area contributed by atoms with Gasteiger partial charge in [-0.1, -0.05) is 23.2 Å². The van der Waals surface area contributed by atoms with Crippen LogP contribution in [0.15, 0.2) is 30.6 Å². The van der Waals surface area contributed by atoms with Crippen LogP contribution in [0.25, 0.3) is 11.3 Å². The number of halogens is 2. The second kappa shape index (κ2) is 4.68. The zero-order valence-electron chi connectivity index (χ0n) is 8.45. The molecule has 1 aromatic heterocycles. The van der Waals surface area contributed by atoms with Crippen LogP contribution >= 0.6 is 23.2 Å². The van der Waals surface area contributed by atoms with Crippen molar-refractivity contribution in [3.63, 3.8) is 0 Å². The Kier molecular flexibility index (Phi) is 3.27. The largest absolute Gasteiger partial charge is 0.496 e. The summed E-state index contributed by atoms with van der Waals surface area (Å²) in [4.78, 5) is 8.13. The Hall–Kier alpha value is -1.32. The van der Waals surface area contributed by atoms with Crippen LogP contribution in [0.5, 0.6) is 5.75 Å². The molecule has 0 fully saturated rings. The summed E-state index contributed by atoms with van der Waals surface area (Å²) in [6, 6.07) is 5.26. The molecule has 5 heteroatoms. The van der Waals surface area contributed by atoms with Gasteiger partial charge in [-0.15, -0.1) is 0 Å². The molecule has 82 valence electrons. The molecule has 0 N–H and O–H groups in total. The highest BCUT2D eigenvalue weighted by molar-refractivity contribution is 6.32. The van der Waals surface area contributed by atoms with Gasteiger partial charge in [0, 0.05) is 23.0 Å². The maximum Gasteiger partial charge on any atom is 0.155 e. The highest BCUT2D eigenvalue weighted by atomic mass is 35.5. The summed E-state index contributed by atoms with van der Waals surface area (Å²) in [6.45, 7) is 0. The molecular formula is C11H8Cl2N2O. The monoisotopic (exact) mass is 254 g/mol. The lowest BCUT2D eigenvalue weighted by Crippen LogP contribution is -1.92. The van der Waals surface area contributed by atoms with Crippen molar-refractivity contribution in [2.45, 2.75) is 0 Å². The zero-order valence-corrected chi connectivity index (χ0v) is 9.96. The third kappa shape index (κ3) is 2.10. The Balaban J connectivity index is 2.63. The van der Waals surface area contributed by atoms with Crippen molar-refractivity contribution in [3.8, 4) is 17.0 Å². The van der Waals surface area contributed by atoms with E-state index in [1.54, 1.807) is 31.5 Å². The molecule has 0 saturated heterocycles. The minimum absolute atomic E-state index is 0.322. The number of benzene rings is 1. The Bertz CT molecular complexity index is 517. The van der Waals surface area contributed by atoms with Crippen LogP contribution in [-0.4, -0.2) is 17.1 Å². The highest BCUT2D eigenvalue weighted by Crippen LogP contribution is 2.33. The van der Waals surface area contributed by atoms with Crippen LogP contribution in [0.1, 0.15) is 0 Å². The van der Waals surface area contributed by atoms with E-state index in [1.807, 2.05) is 0 Å². The van der Waals surface area contributed by atoms with Crippen LogP contribution in [-0.2, 0) is 0 Å². The van der Waals surface area contributed by atoms with Gasteiger partial charge in [0.05, 0.1) is 7.11 Å². The second-order valence-electron chi connectivity index (χ2n) is 3.04. The Morgan fingerprint density at radius 3 is 2.56 bits per heavy atom. The third-order valence-electron chi connectivity index (χ3n) is 2.07. The van der Waals surface area contributed by atoms with Gasteiger partial charge in [0.1, 0.15) is 11.4 Å². The SMILES string of the molecule is COc1ccc(Cl)cc1-c1nccnc1Cl. The Labute approximate surface area is 103 Å². The number of hydrogen-bond donors (Lipinski definition) is 0. The molecule has 0 unspecified atom stereocenters. The molecule has 2 rings (SSSR count). The van der Waals surface area contributed by atoms with E-state index >= 15 is 0 Å². The van der Waals surface area contributed by atoms with Gasteiger partial charge in [-0.3, -0.25) is 4.98 Å².